The van der Waals surface area contributed by atoms with E-state index in [1.807, 2.05) is 0 Å². The number of carboxylic acids is 1. The average Bonchev–Trinajstić information content (AvgIpc) is 2.87. The van der Waals surface area contributed by atoms with Crippen LogP contribution >= 0.6 is 0 Å². The van der Waals surface area contributed by atoms with Crippen LogP contribution in [0, 0.1) is 5.92 Å². The van der Waals surface area contributed by atoms with Crippen molar-refractivity contribution in [3.05, 3.63) is 11.9 Å². The van der Waals surface area contributed by atoms with Crippen LogP contribution in [0.3, 0.4) is 0 Å². The fourth-order valence-corrected chi connectivity index (χ4v) is 2.04. The zero-order chi connectivity index (χ0) is 15.7. The minimum atomic E-state index is -0.985. The summed E-state index contributed by atoms with van der Waals surface area (Å²) in [5.41, 5.74) is 6.06. The zero-order valence-electron chi connectivity index (χ0n) is 12.3. The number of hydrogen-bond acceptors (Lipinski definition) is 5. The van der Waals surface area contributed by atoms with Crippen molar-refractivity contribution >= 4 is 11.9 Å². The first-order chi connectivity index (χ1) is 10.0. The molecule has 1 aromatic rings. The van der Waals surface area contributed by atoms with Crippen molar-refractivity contribution in [1.82, 2.24) is 20.3 Å². The van der Waals surface area contributed by atoms with E-state index in [-0.39, 0.29) is 19.0 Å². The second-order valence-electron chi connectivity index (χ2n) is 4.97. The van der Waals surface area contributed by atoms with Gasteiger partial charge in [0, 0.05) is 6.42 Å². The Hall–Kier alpha value is -1.96. The van der Waals surface area contributed by atoms with Crippen LogP contribution in [0.4, 0.5) is 0 Å². The van der Waals surface area contributed by atoms with Gasteiger partial charge in [-0.15, -0.1) is 5.10 Å². The van der Waals surface area contributed by atoms with Crippen LogP contribution in [0.15, 0.2) is 6.20 Å². The topological polar surface area (TPSA) is 123 Å². The predicted octanol–water partition coefficient (Wildman–Crippen LogP) is 0.134. The van der Waals surface area contributed by atoms with Gasteiger partial charge in [0.25, 0.3) is 0 Å². The molecule has 0 aliphatic heterocycles. The Morgan fingerprint density at radius 1 is 1.48 bits per heavy atom. The van der Waals surface area contributed by atoms with Gasteiger partial charge in [0.05, 0.1) is 12.7 Å². The van der Waals surface area contributed by atoms with Crippen molar-refractivity contribution in [2.45, 2.75) is 45.7 Å². The number of carboxylic acid groups (broad SMARTS) is 1. The number of aliphatic carboxylic acids is 1. The largest absolute Gasteiger partial charge is 0.480 e. The van der Waals surface area contributed by atoms with Gasteiger partial charge in [-0.3, -0.25) is 9.59 Å². The molecule has 8 nitrogen and oxygen atoms in total. The van der Waals surface area contributed by atoms with E-state index in [0.717, 1.165) is 19.3 Å². The van der Waals surface area contributed by atoms with Gasteiger partial charge in [0.15, 0.2) is 0 Å². The summed E-state index contributed by atoms with van der Waals surface area (Å²) in [6.45, 7) is 2.76. The third-order valence-electron chi connectivity index (χ3n) is 3.28. The molecule has 1 heterocycles. The molecular weight excluding hydrogens is 274 g/mol. The van der Waals surface area contributed by atoms with Crippen molar-refractivity contribution in [2.24, 2.45) is 11.7 Å². The van der Waals surface area contributed by atoms with Crippen molar-refractivity contribution < 1.29 is 14.7 Å². The number of carbonyl (C=O) groups is 2. The summed E-state index contributed by atoms with van der Waals surface area (Å²) in [6, 6.07) is 0. The van der Waals surface area contributed by atoms with Crippen LogP contribution < -0.4 is 11.1 Å². The Balaban J connectivity index is 2.29. The molecule has 0 saturated carbocycles. The van der Waals surface area contributed by atoms with Crippen LogP contribution in [-0.4, -0.2) is 38.5 Å². The molecule has 1 atom stereocenters. The maximum atomic E-state index is 11.7. The Morgan fingerprint density at radius 3 is 2.86 bits per heavy atom. The van der Waals surface area contributed by atoms with Gasteiger partial charge in [0.2, 0.25) is 5.91 Å². The molecule has 0 aliphatic rings. The number of nitrogens with one attached hydrogen (secondary N) is 1. The van der Waals surface area contributed by atoms with Gasteiger partial charge in [-0.1, -0.05) is 18.6 Å². The summed E-state index contributed by atoms with van der Waals surface area (Å²) in [5, 5.41) is 18.8. The molecule has 4 N–H and O–H groups in total. The fraction of sp³-hybridized carbons (Fsp3) is 0.692. The first-order valence-electron chi connectivity index (χ1n) is 7.12. The number of aromatic nitrogens is 3. The first kappa shape index (κ1) is 17.1. The molecule has 1 amide bonds. The van der Waals surface area contributed by atoms with E-state index in [4.69, 9.17) is 10.8 Å². The summed E-state index contributed by atoms with van der Waals surface area (Å²) in [4.78, 5) is 22.2. The van der Waals surface area contributed by atoms with E-state index < -0.39 is 5.97 Å². The molecule has 0 bridgehead atoms. The minimum Gasteiger partial charge on any atom is -0.480 e. The zero-order valence-corrected chi connectivity index (χ0v) is 12.3. The highest BCUT2D eigenvalue weighted by molar-refractivity contribution is 5.75. The lowest BCUT2D eigenvalue weighted by atomic mass is 9.96. The van der Waals surface area contributed by atoms with E-state index in [1.54, 1.807) is 0 Å². The quantitative estimate of drug-likeness (QED) is 0.564. The number of amides is 1. The number of nitrogens with two attached hydrogens (primary N) is 1. The maximum Gasteiger partial charge on any atom is 0.325 e. The van der Waals surface area contributed by atoms with Gasteiger partial charge in [0.1, 0.15) is 12.2 Å². The van der Waals surface area contributed by atoms with Gasteiger partial charge in [-0.05, 0) is 25.3 Å². The van der Waals surface area contributed by atoms with Gasteiger partial charge in [-0.2, -0.15) is 0 Å². The van der Waals surface area contributed by atoms with Crippen molar-refractivity contribution in [3.63, 3.8) is 0 Å². The van der Waals surface area contributed by atoms with Crippen molar-refractivity contribution in [2.75, 3.05) is 6.54 Å². The average molecular weight is 297 g/mol. The Labute approximate surface area is 123 Å². The fourth-order valence-electron chi connectivity index (χ4n) is 2.04. The van der Waals surface area contributed by atoms with Crippen LogP contribution in [0.5, 0.6) is 0 Å². The SMILES string of the molecule is CCC(CCN)CCC(=O)NCc1cn(CC(=O)O)nn1. The number of nitrogens with zero attached hydrogens (tertiary/aromatic N) is 3. The third kappa shape index (κ3) is 6.84. The lowest BCUT2D eigenvalue weighted by Crippen LogP contribution is -2.23. The van der Waals surface area contributed by atoms with Crippen LogP contribution in [0.2, 0.25) is 0 Å². The third-order valence-corrected chi connectivity index (χ3v) is 3.28. The van der Waals surface area contributed by atoms with Crippen molar-refractivity contribution in [1.29, 1.82) is 0 Å². The summed E-state index contributed by atoms with van der Waals surface area (Å²) in [5.74, 6) is -0.545. The summed E-state index contributed by atoms with van der Waals surface area (Å²) in [7, 11) is 0. The van der Waals surface area contributed by atoms with E-state index in [2.05, 4.69) is 22.6 Å². The molecule has 0 spiro atoms. The standard InChI is InChI=1S/C13H23N5O3/c1-2-10(5-6-14)3-4-12(19)15-7-11-8-18(17-16-11)9-13(20)21/h8,10H,2-7,9,14H2,1H3,(H,15,19)(H,20,21). The highest BCUT2D eigenvalue weighted by Gasteiger charge is 2.10. The monoisotopic (exact) mass is 297 g/mol. The lowest BCUT2D eigenvalue weighted by Gasteiger charge is -2.12. The van der Waals surface area contributed by atoms with Gasteiger partial charge >= 0.3 is 5.97 Å². The second kappa shape index (κ2) is 9.06. The number of rotatable bonds is 10. The minimum absolute atomic E-state index is 0.0433. The molecule has 1 unspecified atom stereocenters. The predicted molar refractivity (Wildman–Crippen MR) is 76.2 cm³/mol. The summed E-state index contributed by atoms with van der Waals surface area (Å²) < 4.78 is 1.22. The van der Waals surface area contributed by atoms with Crippen LogP contribution in [0.25, 0.3) is 0 Å². The molecule has 0 saturated heterocycles. The van der Waals surface area contributed by atoms with E-state index in [0.29, 0.717) is 24.6 Å². The first-order valence-corrected chi connectivity index (χ1v) is 7.12. The molecule has 21 heavy (non-hydrogen) atoms. The molecule has 118 valence electrons. The molecule has 1 aromatic heterocycles. The molecule has 8 heteroatoms. The molecule has 0 radical (unpaired) electrons. The van der Waals surface area contributed by atoms with Gasteiger partial charge < -0.3 is 16.2 Å². The normalized spacial score (nSPS) is 12.1. The smallest absolute Gasteiger partial charge is 0.325 e. The van der Waals surface area contributed by atoms with E-state index in [1.165, 1.54) is 10.9 Å². The molecule has 0 aliphatic carbocycles. The Bertz CT molecular complexity index is 460. The molecule has 0 aromatic carbocycles. The lowest BCUT2D eigenvalue weighted by molar-refractivity contribution is -0.138. The highest BCUT2D eigenvalue weighted by Crippen LogP contribution is 2.14. The number of hydrogen-bond donors (Lipinski definition) is 3. The molecule has 1 rings (SSSR count). The van der Waals surface area contributed by atoms with Crippen molar-refractivity contribution in [3.8, 4) is 0 Å². The second-order valence-corrected chi connectivity index (χ2v) is 4.97. The van der Waals surface area contributed by atoms with E-state index >= 15 is 0 Å². The molecular formula is C13H23N5O3. The van der Waals surface area contributed by atoms with Crippen LogP contribution in [-0.2, 0) is 22.7 Å². The number of carbonyl (C=O) groups excluding carboxylic acids is 1. The molecule has 0 fully saturated rings. The summed E-state index contributed by atoms with van der Waals surface area (Å²) in [6.07, 6.45) is 4.76. The van der Waals surface area contributed by atoms with Crippen LogP contribution in [0.1, 0.15) is 38.3 Å². The maximum absolute atomic E-state index is 11.7. The van der Waals surface area contributed by atoms with E-state index in [9.17, 15) is 9.59 Å². The highest BCUT2D eigenvalue weighted by atomic mass is 16.4. The Kier molecular flexibility index (Phi) is 7.38. The Morgan fingerprint density at radius 2 is 2.24 bits per heavy atom. The summed E-state index contributed by atoms with van der Waals surface area (Å²) >= 11 is 0. The van der Waals surface area contributed by atoms with Gasteiger partial charge in [-0.25, -0.2) is 4.68 Å².